The summed E-state index contributed by atoms with van der Waals surface area (Å²) in [5.74, 6) is 0.170. The topological polar surface area (TPSA) is 67.6 Å². The van der Waals surface area contributed by atoms with Gasteiger partial charge in [-0.15, -0.1) is 0 Å². The quantitative estimate of drug-likeness (QED) is 0.894. The summed E-state index contributed by atoms with van der Waals surface area (Å²) in [6.45, 7) is 3.93. The molecule has 24 heavy (non-hydrogen) atoms. The lowest BCUT2D eigenvalue weighted by molar-refractivity contribution is -0.0578. The van der Waals surface area contributed by atoms with Gasteiger partial charge in [-0.25, -0.2) is 0 Å². The van der Waals surface area contributed by atoms with E-state index in [1.165, 1.54) is 0 Å². The summed E-state index contributed by atoms with van der Waals surface area (Å²) in [5.41, 5.74) is -0.169. The molecule has 1 aliphatic heterocycles. The summed E-state index contributed by atoms with van der Waals surface area (Å²) in [4.78, 5) is 14.9. The zero-order chi connectivity index (χ0) is 17.2. The van der Waals surface area contributed by atoms with Crippen LogP contribution in [0.2, 0.25) is 0 Å². The first kappa shape index (κ1) is 17.4. The molecule has 2 heterocycles. The van der Waals surface area contributed by atoms with Crippen LogP contribution < -0.4 is 0 Å². The van der Waals surface area contributed by atoms with E-state index in [2.05, 4.69) is 5.10 Å². The number of aliphatic hydroxyl groups is 1. The van der Waals surface area contributed by atoms with Crippen molar-refractivity contribution in [2.24, 2.45) is 5.92 Å². The number of likely N-dealkylation sites (tertiary alicyclic amines) is 1. The molecule has 3 rings (SSSR count). The first-order valence-corrected chi connectivity index (χ1v) is 9.08. The van der Waals surface area contributed by atoms with Crippen molar-refractivity contribution >= 4 is 5.91 Å². The highest BCUT2D eigenvalue weighted by Gasteiger charge is 2.45. The third kappa shape index (κ3) is 3.49. The third-order valence-electron chi connectivity index (χ3n) is 5.66. The Kier molecular flexibility index (Phi) is 5.25. The lowest BCUT2D eigenvalue weighted by atomic mass is 9.72. The van der Waals surface area contributed by atoms with Gasteiger partial charge in [-0.1, -0.05) is 12.8 Å². The van der Waals surface area contributed by atoms with Crippen molar-refractivity contribution in [2.75, 3.05) is 20.3 Å². The summed E-state index contributed by atoms with van der Waals surface area (Å²) in [6, 6.07) is 1.92. The number of nitrogens with zero attached hydrogens (tertiary/aromatic N) is 3. The average Bonchev–Trinajstić information content (AvgIpc) is 3.21. The molecule has 1 aromatic heterocycles. The monoisotopic (exact) mass is 335 g/mol. The van der Waals surface area contributed by atoms with Gasteiger partial charge in [0.05, 0.1) is 18.8 Å². The molecule has 134 valence electrons. The molecule has 1 saturated heterocycles. The largest absolute Gasteiger partial charge is 0.390 e. The number of methoxy groups -OCH3 is 1. The van der Waals surface area contributed by atoms with Gasteiger partial charge in [0.1, 0.15) is 5.69 Å². The van der Waals surface area contributed by atoms with Crippen LogP contribution in [0, 0.1) is 5.92 Å². The molecular formula is C18H29N3O3. The second kappa shape index (κ2) is 7.23. The van der Waals surface area contributed by atoms with Crippen molar-refractivity contribution in [3.63, 3.8) is 0 Å². The molecule has 0 radical (unpaired) electrons. The number of amides is 1. The Hall–Kier alpha value is -1.40. The highest BCUT2D eigenvalue weighted by molar-refractivity contribution is 5.92. The normalized spacial score (nSPS) is 30.7. The minimum atomic E-state index is -0.663. The standard InChI is InChI=1S/C18H29N3O3/c1-18(23)9-4-3-6-14(18)16-7-5-10-21(16)17(22)15-8-11-20(19-15)12-13-24-2/h8,11,14,16,23H,3-7,9-10,12-13H2,1-2H3/t14-,16+,18+/m0/s1. The van der Waals surface area contributed by atoms with Crippen molar-refractivity contribution in [2.45, 2.75) is 63.6 Å². The number of carbonyl (C=O) groups is 1. The van der Waals surface area contributed by atoms with Crippen molar-refractivity contribution in [3.05, 3.63) is 18.0 Å². The highest BCUT2D eigenvalue weighted by atomic mass is 16.5. The van der Waals surface area contributed by atoms with E-state index in [1.54, 1.807) is 17.9 Å². The van der Waals surface area contributed by atoms with E-state index in [0.717, 1.165) is 45.1 Å². The van der Waals surface area contributed by atoms with Crippen molar-refractivity contribution < 1.29 is 14.6 Å². The maximum absolute atomic E-state index is 12.9. The van der Waals surface area contributed by atoms with Crippen LogP contribution >= 0.6 is 0 Å². The zero-order valence-electron chi connectivity index (χ0n) is 14.8. The van der Waals surface area contributed by atoms with Crippen LogP contribution in [-0.4, -0.2) is 57.6 Å². The SMILES string of the molecule is COCCn1ccc(C(=O)N2CCC[C@@H]2[C@@H]2CCCC[C@@]2(C)O)n1. The van der Waals surface area contributed by atoms with E-state index in [-0.39, 0.29) is 17.9 Å². The highest BCUT2D eigenvalue weighted by Crippen LogP contribution is 2.40. The molecule has 1 N–H and O–H groups in total. The number of carbonyl (C=O) groups excluding carboxylic acids is 1. The van der Waals surface area contributed by atoms with Gasteiger partial charge in [-0.05, 0) is 38.7 Å². The minimum absolute atomic E-state index is 0.00459. The molecule has 1 amide bonds. The molecular weight excluding hydrogens is 306 g/mol. The van der Waals surface area contributed by atoms with E-state index in [9.17, 15) is 9.90 Å². The van der Waals surface area contributed by atoms with E-state index < -0.39 is 5.60 Å². The molecule has 0 unspecified atom stereocenters. The fraction of sp³-hybridized carbons (Fsp3) is 0.778. The number of hydrogen-bond donors (Lipinski definition) is 1. The van der Waals surface area contributed by atoms with Crippen LogP contribution in [-0.2, 0) is 11.3 Å². The van der Waals surface area contributed by atoms with Crippen LogP contribution in [0.1, 0.15) is 55.9 Å². The minimum Gasteiger partial charge on any atom is -0.390 e. The summed E-state index contributed by atoms with van der Waals surface area (Å²) in [7, 11) is 1.65. The Morgan fingerprint density at radius 3 is 3.00 bits per heavy atom. The molecule has 1 aromatic rings. The average molecular weight is 335 g/mol. The number of rotatable bonds is 5. The first-order chi connectivity index (χ1) is 11.5. The molecule has 2 fully saturated rings. The van der Waals surface area contributed by atoms with Gasteiger partial charge >= 0.3 is 0 Å². The Balaban J connectivity index is 1.72. The third-order valence-corrected chi connectivity index (χ3v) is 5.66. The molecule has 2 aliphatic rings. The Morgan fingerprint density at radius 2 is 2.25 bits per heavy atom. The van der Waals surface area contributed by atoms with Crippen LogP contribution in [0.15, 0.2) is 12.3 Å². The van der Waals surface area contributed by atoms with Crippen molar-refractivity contribution in [3.8, 4) is 0 Å². The summed E-state index contributed by atoms with van der Waals surface area (Å²) in [5, 5.41) is 15.2. The van der Waals surface area contributed by atoms with Crippen LogP contribution in [0.4, 0.5) is 0 Å². The molecule has 1 saturated carbocycles. The fourth-order valence-electron chi connectivity index (χ4n) is 4.35. The van der Waals surface area contributed by atoms with E-state index in [4.69, 9.17) is 4.74 Å². The molecule has 3 atom stereocenters. The van der Waals surface area contributed by atoms with Crippen LogP contribution in [0.5, 0.6) is 0 Å². The van der Waals surface area contributed by atoms with Gasteiger partial charge in [-0.2, -0.15) is 5.10 Å². The molecule has 6 nitrogen and oxygen atoms in total. The van der Waals surface area contributed by atoms with Gasteiger partial charge in [0.2, 0.25) is 0 Å². The first-order valence-electron chi connectivity index (χ1n) is 9.08. The predicted octanol–water partition coefficient (Wildman–Crippen LogP) is 2.08. The molecule has 0 bridgehead atoms. The van der Waals surface area contributed by atoms with Gasteiger partial charge in [0, 0.05) is 31.8 Å². The van der Waals surface area contributed by atoms with Crippen molar-refractivity contribution in [1.82, 2.24) is 14.7 Å². The second-order valence-electron chi connectivity index (χ2n) is 7.37. The predicted molar refractivity (Wildman–Crippen MR) is 90.7 cm³/mol. The van der Waals surface area contributed by atoms with E-state index >= 15 is 0 Å². The maximum Gasteiger partial charge on any atom is 0.274 e. The molecule has 0 spiro atoms. The zero-order valence-corrected chi connectivity index (χ0v) is 14.8. The van der Waals surface area contributed by atoms with Gasteiger partial charge < -0.3 is 14.7 Å². The van der Waals surface area contributed by atoms with E-state index in [1.807, 2.05) is 18.0 Å². The summed E-state index contributed by atoms with van der Waals surface area (Å²) >= 11 is 0. The Morgan fingerprint density at radius 1 is 1.42 bits per heavy atom. The Bertz CT molecular complexity index is 570. The fourth-order valence-corrected chi connectivity index (χ4v) is 4.35. The van der Waals surface area contributed by atoms with E-state index in [0.29, 0.717) is 18.8 Å². The van der Waals surface area contributed by atoms with Gasteiger partial charge in [0.15, 0.2) is 0 Å². The molecule has 0 aromatic carbocycles. The smallest absolute Gasteiger partial charge is 0.274 e. The summed E-state index contributed by atoms with van der Waals surface area (Å²) < 4.78 is 6.80. The van der Waals surface area contributed by atoms with Gasteiger partial charge in [-0.3, -0.25) is 9.48 Å². The van der Waals surface area contributed by atoms with Crippen LogP contribution in [0.3, 0.4) is 0 Å². The lowest BCUT2D eigenvalue weighted by Gasteiger charge is -2.43. The molecule has 6 heteroatoms. The van der Waals surface area contributed by atoms with Crippen molar-refractivity contribution in [1.29, 1.82) is 0 Å². The van der Waals surface area contributed by atoms with Gasteiger partial charge in [0.25, 0.3) is 5.91 Å². The lowest BCUT2D eigenvalue weighted by Crippen LogP contribution is -2.50. The number of aromatic nitrogens is 2. The maximum atomic E-state index is 12.9. The summed E-state index contributed by atoms with van der Waals surface area (Å²) in [6.07, 6.45) is 7.88. The second-order valence-corrected chi connectivity index (χ2v) is 7.37. The number of ether oxygens (including phenoxy) is 1. The Labute approximate surface area is 143 Å². The van der Waals surface area contributed by atoms with Crippen LogP contribution in [0.25, 0.3) is 0 Å². The number of hydrogen-bond acceptors (Lipinski definition) is 4. The molecule has 1 aliphatic carbocycles.